The smallest absolute Gasteiger partial charge is 0.246 e. The number of ether oxygens (including phenoxy) is 1. The van der Waals surface area contributed by atoms with Crippen LogP contribution in [0, 0.1) is 5.41 Å². The van der Waals surface area contributed by atoms with Crippen molar-refractivity contribution in [3.8, 4) is 0 Å². The number of alkyl halides is 1. The molecule has 1 amide bonds. The lowest BCUT2D eigenvalue weighted by atomic mass is 9.88. The molecule has 0 unspecified atom stereocenters. The zero-order chi connectivity index (χ0) is 12.0. The minimum atomic E-state index is -0.0370. The summed E-state index contributed by atoms with van der Waals surface area (Å²) in [6.07, 6.45) is 4.80. The van der Waals surface area contributed by atoms with Gasteiger partial charge >= 0.3 is 0 Å². The Hall–Kier alpha value is -0.280. The highest BCUT2D eigenvalue weighted by Crippen LogP contribution is 2.38. The van der Waals surface area contributed by atoms with Gasteiger partial charge in [0.25, 0.3) is 0 Å². The van der Waals surface area contributed by atoms with Gasteiger partial charge in [0.1, 0.15) is 6.61 Å². The van der Waals surface area contributed by atoms with Crippen LogP contribution >= 0.6 is 11.6 Å². The molecule has 0 aliphatic heterocycles. The number of amides is 1. The fourth-order valence-corrected chi connectivity index (χ4v) is 2.42. The van der Waals surface area contributed by atoms with E-state index in [-0.39, 0.29) is 24.0 Å². The number of halogens is 1. The Labute approximate surface area is 103 Å². The first kappa shape index (κ1) is 13.8. The molecule has 0 aromatic rings. The van der Waals surface area contributed by atoms with Gasteiger partial charge in [-0.3, -0.25) is 4.79 Å². The molecule has 16 heavy (non-hydrogen) atoms. The largest absolute Gasteiger partial charge is 0.369 e. The lowest BCUT2D eigenvalue weighted by Gasteiger charge is -2.26. The topological polar surface area (TPSA) is 38.3 Å². The van der Waals surface area contributed by atoms with Crippen molar-refractivity contribution in [3.63, 3.8) is 0 Å². The van der Waals surface area contributed by atoms with Crippen molar-refractivity contribution in [3.05, 3.63) is 0 Å². The van der Waals surface area contributed by atoms with Crippen molar-refractivity contribution in [1.82, 2.24) is 5.32 Å². The van der Waals surface area contributed by atoms with Gasteiger partial charge < -0.3 is 10.1 Å². The summed E-state index contributed by atoms with van der Waals surface area (Å²) in [5, 5.41) is 2.92. The summed E-state index contributed by atoms with van der Waals surface area (Å²) in [6, 6.07) is 0. The second kappa shape index (κ2) is 6.45. The minimum absolute atomic E-state index is 0.0370. The molecule has 1 N–H and O–H groups in total. The molecule has 4 heteroatoms. The molecular formula is C12H22ClNO2. The summed E-state index contributed by atoms with van der Waals surface area (Å²) >= 11 is 5.99. The van der Waals surface area contributed by atoms with E-state index < -0.39 is 0 Å². The third-order valence-corrected chi connectivity index (χ3v) is 3.72. The molecule has 3 nitrogen and oxygen atoms in total. The van der Waals surface area contributed by atoms with Gasteiger partial charge in [-0.2, -0.15) is 0 Å². The van der Waals surface area contributed by atoms with Gasteiger partial charge in [0.15, 0.2) is 0 Å². The molecule has 0 radical (unpaired) electrons. The number of hydrogen-bond donors (Lipinski definition) is 1. The predicted octanol–water partition coefficient (Wildman–Crippen LogP) is 2.33. The van der Waals surface area contributed by atoms with E-state index in [4.69, 9.17) is 16.3 Å². The normalized spacial score (nSPS) is 19.0. The van der Waals surface area contributed by atoms with E-state index in [0.29, 0.717) is 12.4 Å². The van der Waals surface area contributed by atoms with Crippen LogP contribution in [0.15, 0.2) is 0 Å². The Morgan fingerprint density at radius 1 is 1.44 bits per heavy atom. The maximum Gasteiger partial charge on any atom is 0.246 e. The summed E-state index contributed by atoms with van der Waals surface area (Å²) in [6.45, 7) is 4.68. The van der Waals surface area contributed by atoms with Crippen molar-refractivity contribution in [2.45, 2.75) is 45.6 Å². The third-order valence-electron chi connectivity index (χ3n) is 3.16. The molecule has 1 aliphatic carbocycles. The summed E-state index contributed by atoms with van der Waals surface area (Å²) in [7, 11) is 0. The standard InChI is InChI=1S/C12H22ClNO2/c1-10(2)16-7-11(15)14-9-12(8-13)5-3-4-6-12/h10H,3-9H2,1-2H3,(H,14,15). The second-order valence-electron chi connectivity index (χ2n) is 4.98. The number of carbonyl (C=O) groups is 1. The third kappa shape index (κ3) is 4.30. The highest BCUT2D eigenvalue weighted by atomic mass is 35.5. The van der Waals surface area contributed by atoms with Crippen LogP contribution in [-0.2, 0) is 9.53 Å². The predicted molar refractivity (Wildman–Crippen MR) is 65.7 cm³/mol. The number of hydrogen-bond acceptors (Lipinski definition) is 2. The fraction of sp³-hybridized carbons (Fsp3) is 0.917. The molecule has 0 aromatic heterocycles. The van der Waals surface area contributed by atoms with Crippen LogP contribution < -0.4 is 5.32 Å². The van der Waals surface area contributed by atoms with E-state index >= 15 is 0 Å². The van der Waals surface area contributed by atoms with E-state index in [1.165, 1.54) is 12.8 Å². The maximum atomic E-state index is 11.5. The number of nitrogens with one attached hydrogen (secondary N) is 1. The Morgan fingerprint density at radius 2 is 2.06 bits per heavy atom. The average molecular weight is 248 g/mol. The Bertz CT molecular complexity index is 225. The van der Waals surface area contributed by atoms with Gasteiger partial charge in [0.05, 0.1) is 6.10 Å². The van der Waals surface area contributed by atoms with Crippen molar-refractivity contribution in [2.75, 3.05) is 19.0 Å². The van der Waals surface area contributed by atoms with Crippen molar-refractivity contribution in [2.24, 2.45) is 5.41 Å². The molecule has 94 valence electrons. The molecule has 0 heterocycles. The van der Waals surface area contributed by atoms with Crippen LogP contribution in [0.1, 0.15) is 39.5 Å². The van der Waals surface area contributed by atoms with E-state index in [2.05, 4.69) is 5.32 Å². The molecule has 0 bridgehead atoms. The molecule has 0 atom stereocenters. The molecule has 1 aliphatic rings. The van der Waals surface area contributed by atoms with Gasteiger partial charge in [-0.1, -0.05) is 12.8 Å². The quantitative estimate of drug-likeness (QED) is 0.732. The first-order valence-electron chi connectivity index (χ1n) is 6.02. The monoisotopic (exact) mass is 247 g/mol. The van der Waals surface area contributed by atoms with Gasteiger partial charge in [-0.15, -0.1) is 11.6 Å². The lowest BCUT2D eigenvalue weighted by molar-refractivity contribution is -0.127. The van der Waals surface area contributed by atoms with Gasteiger partial charge in [0, 0.05) is 17.8 Å². The first-order chi connectivity index (χ1) is 7.58. The van der Waals surface area contributed by atoms with E-state index in [1.807, 2.05) is 13.8 Å². The molecular weight excluding hydrogens is 226 g/mol. The highest BCUT2D eigenvalue weighted by molar-refractivity contribution is 6.18. The summed E-state index contributed by atoms with van der Waals surface area (Å²) in [5.41, 5.74) is 0.134. The molecule has 1 saturated carbocycles. The summed E-state index contributed by atoms with van der Waals surface area (Å²) in [5.74, 6) is 0.600. The van der Waals surface area contributed by atoms with Crippen molar-refractivity contribution < 1.29 is 9.53 Å². The number of rotatable bonds is 6. The fourth-order valence-electron chi connectivity index (χ4n) is 2.06. The zero-order valence-electron chi connectivity index (χ0n) is 10.2. The Kier molecular flexibility index (Phi) is 5.56. The number of carbonyl (C=O) groups excluding carboxylic acids is 1. The van der Waals surface area contributed by atoms with E-state index in [9.17, 15) is 4.79 Å². The van der Waals surface area contributed by atoms with Gasteiger partial charge in [-0.05, 0) is 26.7 Å². The van der Waals surface area contributed by atoms with Crippen molar-refractivity contribution in [1.29, 1.82) is 0 Å². The van der Waals surface area contributed by atoms with Crippen LogP contribution in [0.4, 0.5) is 0 Å². The molecule has 0 aromatic carbocycles. The van der Waals surface area contributed by atoms with Crippen LogP contribution in [0.3, 0.4) is 0 Å². The van der Waals surface area contributed by atoms with Gasteiger partial charge in [-0.25, -0.2) is 0 Å². The van der Waals surface area contributed by atoms with Gasteiger partial charge in [0.2, 0.25) is 5.91 Å². The SMILES string of the molecule is CC(C)OCC(=O)NCC1(CCl)CCCC1. The zero-order valence-corrected chi connectivity index (χ0v) is 11.0. The summed E-state index contributed by atoms with van der Waals surface area (Å²) < 4.78 is 5.24. The van der Waals surface area contributed by atoms with Crippen LogP contribution in [-0.4, -0.2) is 31.0 Å². The first-order valence-corrected chi connectivity index (χ1v) is 6.56. The minimum Gasteiger partial charge on any atom is -0.369 e. The Balaban J connectivity index is 2.24. The maximum absolute atomic E-state index is 11.5. The summed E-state index contributed by atoms with van der Waals surface area (Å²) in [4.78, 5) is 11.5. The van der Waals surface area contributed by atoms with Crippen LogP contribution in [0.25, 0.3) is 0 Å². The average Bonchev–Trinajstić information content (AvgIpc) is 2.73. The Morgan fingerprint density at radius 3 is 2.56 bits per heavy atom. The molecule has 0 spiro atoms. The van der Waals surface area contributed by atoms with Crippen LogP contribution in [0.2, 0.25) is 0 Å². The highest BCUT2D eigenvalue weighted by Gasteiger charge is 2.33. The second-order valence-corrected chi connectivity index (χ2v) is 5.24. The van der Waals surface area contributed by atoms with Crippen molar-refractivity contribution >= 4 is 17.5 Å². The molecule has 1 rings (SSSR count). The molecule has 1 fully saturated rings. The van der Waals surface area contributed by atoms with E-state index in [1.54, 1.807) is 0 Å². The van der Waals surface area contributed by atoms with E-state index in [0.717, 1.165) is 12.8 Å². The van der Waals surface area contributed by atoms with Crippen LogP contribution in [0.5, 0.6) is 0 Å². The lowest BCUT2D eigenvalue weighted by Crippen LogP contribution is -2.39. The molecule has 0 saturated heterocycles.